The van der Waals surface area contributed by atoms with Crippen LogP contribution < -0.4 is 5.32 Å². The highest BCUT2D eigenvalue weighted by molar-refractivity contribution is 7.16. The summed E-state index contributed by atoms with van der Waals surface area (Å²) in [4.78, 5) is 0. The Hall–Kier alpha value is -0.800. The lowest BCUT2D eigenvalue weighted by atomic mass is 10.6. The van der Waals surface area contributed by atoms with Crippen LogP contribution in [0.5, 0.6) is 0 Å². The first-order chi connectivity index (χ1) is 5.45. The number of thiophene rings is 2. The fourth-order valence-electron chi connectivity index (χ4n) is 0.821. The van der Waals surface area contributed by atoms with E-state index in [1.165, 1.54) is 10.0 Å². The summed E-state index contributed by atoms with van der Waals surface area (Å²) in [6.45, 7) is 0. The monoisotopic (exact) mass is 181 g/mol. The van der Waals surface area contributed by atoms with Gasteiger partial charge in [0.1, 0.15) is 0 Å². The molecule has 0 saturated carbocycles. The van der Waals surface area contributed by atoms with Crippen molar-refractivity contribution in [1.82, 2.24) is 0 Å². The Morgan fingerprint density at radius 3 is 1.82 bits per heavy atom. The number of rotatable bonds is 2. The molecule has 0 aliphatic heterocycles. The van der Waals surface area contributed by atoms with Crippen LogP contribution in [-0.4, -0.2) is 0 Å². The van der Waals surface area contributed by atoms with Gasteiger partial charge in [-0.15, -0.1) is 22.7 Å². The Bertz CT molecular complexity index is 264. The topological polar surface area (TPSA) is 12.0 Å². The van der Waals surface area contributed by atoms with Gasteiger partial charge in [-0.2, -0.15) is 0 Å². The fourth-order valence-corrected chi connectivity index (χ4v) is 2.14. The molecule has 1 N–H and O–H groups in total. The minimum absolute atomic E-state index is 1.20. The van der Waals surface area contributed by atoms with E-state index < -0.39 is 0 Å². The van der Waals surface area contributed by atoms with E-state index in [4.69, 9.17) is 0 Å². The third kappa shape index (κ3) is 1.61. The highest BCUT2D eigenvalue weighted by atomic mass is 32.1. The second kappa shape index (κ2) is 3.07. The van der Waals surface area contributed by atoms with Crippen LogP contribution in [0.4, 0.5) is 10.0 Å². The average Bonchev–Trinajstić information content (AvgIpc) is 2.60. The van der Waals surface area contributed by atoms with Crippen LogP contribution in [0.15, 0.2) is 35.0 Å². The molecule has 2 aromatic rings. The summed E-state index contributed by atoms with van der Waals surface area (Å²) in [5, 5.41) is 9.83. The molecule has 0 spiro atoms. The largest absolute Gasteiger partial charge is 0.339 e. The third-order valence-electron chi connectivity index (χ3n) is 1.29. The molecule has 2 rings (SSSR count). The Morgan fingerprint density at radius 2 is 1.45 bits per heavy atom. The van der Waals surface area contributed by atoms with Crippen LogP contribution in [0.2, 0.25) is 0 Å². The SMILES string of the molecule is c1csc(Nc2cccs2)c1. The molecule has 0 radical (unpaired) electrons. The summed E-state index contributed by atoms with van der Waals surface area (Å²) in [5.41, 5.74) is 0. The van der Waals surface area contributed by atoms with Crippen molar-refractivity contribution in [1.29, 1.82) is 0 Å². The van der Waals surface area contributed by atoms with Crippen molar-refractivity contribution in [3.05, 3.63) is 35.0 Å². The maximum absolute atomic E-state index is 3.30. The molecule has 1 nitrogen and oxygen atoms in total. The molecular weight excluding hydrogens is 174 g/mol. The molecule has 0 aliphatic rings. The van der Waals surface area contributed by atoms with Crippen molar-refractivity contribution < 1.29 is 0 Å². The second-order valence-electron chi connectivity index (χ2n) is 2.08. The fraction of sp³-hybridized carbons (Fsp3) is 0. The first kappa shape index (κ1) is 6.88. The molecule has 0 bridgehead atoms. The molecule has 0 aromatic carbocycles. The molecule has 11 heavy (non-hydrogen) atoms. The van der Waals surface area contributed by atoms with Gasteiger partial charge in [0.25, 0.3) is 0 Å². The smallest absolute Gasteiger partial charge is 0.0932 e. The summed E-state index contributed by atoms with van der Waals surface area (Å²) in [6, 6.07) is 8.23. The molecule has 3 heteroatoms. The van der Waals surface area contributed by atoms with E-state index in [-0.39, 0.29) is 0 Å². The molecule has 0 saturated heterocycles. The van der Waals surface area contributed by atoms with Crippen molar-refractivity contribution in [3.8, 4) is 0 Å². The predicted octanol–water partition coefficient (Wildman–Crippen LogP) is 3.55. The van der Waals surface area contributed by atoms with Crippen LogP contribution >= 0.6 is 22.7 Å². The number of anilines is 2. The predicted molar refractivity (Wildman–Crippen MR) is 51.9 cm³/mol. The van der Waals surface area contributed by atoms with Gasteiger partial charge < -0.3 is 5.32 Å². The Kier molecular flexibility index (Phi) is 1.92. The summed E-state index contributed by atoms with van der Waals surface area (Å²) in [7, 11) is 0. The number of hydrogen-bond donors (Lipinski definition) is 1. The lowest BCUT2D eigenvalue weighted by molar-refractivity contribution is 1.75. The summed E-state index contributed by atoms with van der Waals surface area (Å²) < 4.78 is 0. The molecule has 0 amide bonds. The Balaban J connectivity index is 2.14. The van der Waals surface area contributed by atoms with E-state index >= 15 is 0 Å². The molecular formula is C8H7NS2. The van der Waals surface area contributed by atoms with Crippen molar-refractivity contribution in [2.24, 2.45) is 0 Å². The van der Waals surface area contributed by atoms with E-state index in [9.17, 15) is 0 Å². The van der Waals surface area contributed by atoms with Crippen LogP contribution in [-0.2, 0) is 0 Å². The van der Waals surface area contributed by atoms with E-state index in [2.05, 4.69) is 28.2 Å². The van der Waals surface area contributed by atoms with Crippen molar-refractivity contribution in [2.45, 2.75) is 0 Å². The normalized spacial score (nSPS) is 9.82. The minimum atomic E-state index is 1.20. The summed E-state index contributed by atoms with van der Waals surface area (Å²) in [5.74, 6) is 0. The molecule has 2 aromatic heterocycles. The Labute approximate surface area is 73.3 Å². The van der Waals surface area contributed by atoms with Crippen molar-refractivity contribution >= 4 is 32.7 Å². The van der Waals surface area contributed by atoms with Crippen molar-refractivity contribution in [2.75, 3.05) is 5.32 Å². The number of nitrogens with one attached hydrogen (secondary N) is 1. The van der Waals surface area contributed by atoms with Gasteiger partial charge in [0.2, 0.25) is 0 Å². The first-order valence-electron chi connectivity index (χ1n) is 3.29. The van der Waals surface area contributed by atoms with Gasteiger partial charge in [0, 0.05) is 0 Å². The number of hydrogen-bond acceptors (Lipinski definition) is 3. The maximum atomic E-state index is 3.30. The average molecular weight is 181 g/mol. The van der Waals surface area contributed by atoms with Gasteiger partial charge >= 0.3 is 0 Å². The second-order valence-corrected chi connectivity index (χ2v) is 3.97. The minimum Gasteiger partial charge on any atom is -0.339 e. The quantitative estimate of drug-likeness (QED) is 0.747. The van der Waals surface area contributed by atoms with Crippen molar-refractivity contribution in [3.63, 3.8) is 0 Å². The molecule has 0 unspecified atom stereocenters. The zero-order valence-corrected chi connectivity index (χ0v) is 7.41. The lowest BCUT2D eigenvalue weighted by Gasteiger charge is -1.96. The Morgan fingerprint density at radius 1 is 0.909 bits per heavy atom. The van der Waals surface area contributed by atoms with E-state index in [1.54, 1.807) is 22.7 Å². The van der Waals surface area contributed by atoms with E-state index in [0.29, 0.717) is 0 Å². The summed E-state index contributed by atoms with van der Waals surface area (Å²) >= 11 is 3.43. The maximum Gasteiger partial charge on any atom is 0.0932 e. The first-order valence-corrected chi connectivity index (χ1v) is 5.05. The van der Waals surface area contributed by atoms with Gasteiger partial charge in [0.15, 0.2) is 0 Å². The molecule has 2 heterocycles. The van der Waals surface area contributed by atoms with Gasteiger partial charge in [-0.1, -0.05) is 0 Å². The van der Waals surface area contributed by atoms with Crippen LogP contribution in [0, 0.1) is 0 Å². The van der Waals surface area contributed by atoms with Gasteiger partial charge in [0.05, 0.1) is 10.0 Å². The zero-order chi connectivity index (χ0) is 7.52. The standard InChI is InChI=1S/C8H7NS2/c1-3-7(10-5-1)9-8-4-2-6-11-8/h1-6,9H. The molecule has 0 fully saturated rings. The molecule has 56 valence electrons. The highest BCUT2D eigenvalue weighted by Crippen LogP contribution is 2.24. The van der Waals surface area contributed by atoms with Crippen LogP contribution in [0.3, 0.4) is 0 Å². The van der Waals surface area contributed by atoms with Gasteiger partial charge in [-0.05, 0) is 35.0 Å². The van der Waals surface area contributed by atoms with Crippen LogP contribution in [0.25, 0.3) is 0 Å². The molecule has 0 aliphatic carbocycles. The van der Waals surface area contributed by atoms with E-state index in [0.717, 1.165) is 0 Å². The van der Waals surface area contributed by atoms with E-state index in [1.807, 2.05) is 12.1 Å². The van der Waals surface area contributed by atoms with Gasteiger partial charge in [-0.3, -0.25) is 0 Å². The highest BCUT2D eigenvalue weighted by Gasteiger charge is 1.93. The third-order valence-corrected chi connectivity index (χ3v) is 2.86. The van der Waals surface area contributed by atoms with Crippen LogP contribution in [0.1, 0.15) is 0 Å². The lowest BCUT2D eigenvalue weighted by Crippen LogP contribution is -1.80. The van der Waals surface area contributed by atoms with Gasteiger partial charge in [-0.25, -0.2) is 0 Å². The summed E-state index contributed by atoms with van der Waals surface area (Å²) in [6.07, 6.45) is 0. The molecule has 0 atom stereocenters. The zero-order valence-electron chi connectivity index (χ0n) is 5.78.